The summed E-state index contributed by atoms with van der Waals surface area (Å²) in [5.41, 5.74) is 0.0138. The first-order valence-corrected chi connectivity index (χ1v) is 6.08. The molecule has 0 saturated heterocycles. The molecule has 0 unspecified atom stereocenters. The second-order valence-electron chi connectivity index (χ2n) is 4.05. The molecule has 0 aliphatic carbocycles. The molecule has 0 fully saturated rings. The topological polar surface area (TPSA) is 34.9 Å². The van der Waals surface area contributed by atoms with Gasteiger partial charge in [0, 0.05) is 18.6 Å². The van der Waals surface area contributed by atoms with Gasteiger partial charge in [0.05, 0.1) is 6.54 Å². The standard InChI is InChI=1S/C13H11ClF2N2O/c1-2-12-17-11(14)6-13(19)18(12)7-8-3-9(15)5-10(16)4-8/h3-6H,2,7H2,1H3. The van der Waals surface area contributed by atoms with E-state index in [0.29, 0.717) is 17.8 Å². The first-order chi connectivity index (χ1) is 8.99. The summed E-state index contributed by atoms with van der Waals surface area (Å²) in [5.74, 6) is -0.881. The Morgan fingerprint density at radius 2 is 1.84 bits per heavy atom. The van der Waals surface area contributed by atoms with Gasteiger partial charge in [0.25, 0.3) is 5.56 Å². The van der Waals surface area contributed by atoms with Gasteiger partial charge in [0.15, 0.2) is 0 Å². The second-order valence-corrected chi connectivity index (χ2v) is 4.44. The Kier molecular flexibility index (Phi) is 3.95. The number of benzene rings is 1. The lowest BCUT2D eigenvalue weighted by Crippen LogP contribution is -2.24. The molecule has 0 amide bonds. The zero-order valence-corrected chi connectivity index (χ0v) is 10.9. The SMILES string of the molecule is CCc1nc(Cl)cc(=O)n1Cc1cc(F)cc(F)c1. The van der Waals surface area contributed by atoms with Crippen LogP contribution in [0.1, 0.15) is 18.3 Å². The van der Waals surface area contributed by atoms with Crippen LogP contribution in [0.2, 0.25) is 5.15 Å². The van der Waals surface area contributed by atoms with Crippen LogP contribution >= 0.6 is 11.6 Å². The summed E-state index contributed by atoms with van der Waals surface area (Å²) in [5, 5.41) is 0.114. The molecule has 1 aromatic carbocycles. The van der Waals surface area contributed by atoms with Crippen molar-refractivity contribution in [1.82, 2.24) is 9.55 Å². The van der Waals surface area contributed by atoms with E-state index in [9.17, 15) is 13.6 Å². The van der Waals surface area contributed by atoms with Crippen LogP contribution in [0.15, 0.2) is 29.1 Å². The summed E-state index contributed by atoms with van der Waals surface area (Å²) in [6, 6.07) is 4.33. The highest BCUT2D eigenvalue weighted by Crippen LogP contribution is 2.11. The first kappa shape index (κ1) is 13.7. The average Bonchev–Trinajstić information content (AvgIpc) is 2.31. The molecule has 0 saturated carbocycles. The van der Waals surface area contributed by atoms with Gasteiger partial charge in [-0.3, -0.25) is 9.36 Å². The van der Waals surface area contributed by atoms with Crippen molar-refractivity contribution >= 4 is 11.6 Å². The highest BCUT2D eigenvalue weighted by molar-refractivity contribution is 6.29. The lowest BCUT2D eigenvalue weighted by molar-refractivity contribution is 0.574. The van der Waals surface area contributed by atoms with Crippen LogP contribution in [0.25, 0.3) is 0 Å². The molecule has 0 spiro atoms. The Bertz CT molecular complexity index is 650. The van der Waals surface area contributed by atoms with E-state index in [2.05, 4.69) is 4.98 Å². The van der Waals surface area contributed by atoms with Crippen molar-refractivity contribution < 1.29 is 8.78 Å². The first-order valence-electron chi connectivity index (χ1n) is 5.71. The molecule has 2 rings (SSSR count). The fourth-order valence-electron chi connectivity index (χ4n) is 1.85. The van der Waals surface area contributed by atoms with Gasteiger partial charge in [-0.25, -0.2) is 13.8 Å². The highest BCUT2D eigenvalue weighted by Gasteiger charge is 2.08. The van der Waals surface area contributed by atoms with Crippen LogP contribution in [-0.2, 0) is 13.0 Å². The van der Waals surface area contributed by atoms with Gasteiger partial charge in [-0.05, 0) is 17.7 Å². The van der Waals surface area contributed by atoms with E-state index in [0.717, 1.165) is 6.07 Å². The molecule has 3 nitrogen and oxygen atoms in total. The number of aromatic nitrogens is 2. The minimum absolute atomic E-state index is 0.0564. The van der Waals surface area contributed by atoms with Gasteiger partial charge in [-0.1, -0.05) is 18.5 Å². The zero-order valence-electron chi connectivity index (χ0n) is 10.2. The molecule has 0 N–H and O–H groups in total. The molecular weight excluding hydrogens is 274 g/mol. The van der Waals surface area contributed by atoms with Crippen LogP contribution in [-0.4, -0.2) is 9.55 Å². The van der Waals surface area contributed by atoms with E-state index in [1.165, 1.54) is 22.8 Å². The maximum Gasteiger partial charge on any atom is 0.255 e. The fraction of sp³-hybridized carbons (Fsp3) is 0.231. The van der Waals surface area contributed by atoms with E-state index in [-0.39, 0.29) is 17.3 Å². The van der Waals surface area contributed by atoms with Crippen LogP contribution in [0.5, 0.6) is 0 Å². The molecule has 0 radical (unpaired) electrons. The number of hydrogen-bond acceptors (Lipinski definition) is 2. The van der Waals surface area contributed by atoms with Crippen molar-refractivity contribution in [3.05, 3.63) is 62.8 Å². The van der Waals surface area contributed by atoms with Crippen LogP contribution in [0, 0.1) is 11.6 Å². The number of hydrogen-bond donors (Lipinski definition) is 0. The maximum atomic E-state index is 13.1. The molecule has 100 valence electrons. The Hall–Kier alpha value is -1.75. The Morgan fingerprint density at radius 3 is 2.42 bits per heavy atom. The van der Waals surface area contributed by atoms with Crippen molar-refractivity contribution in [3.8, 4) is 0 Å². The predicted molar refractivity (Wildman–Crippen MR) is 68.3 cm³/mol. The largest absolute Gasteiger partial charge is 0.292 e. The van der Waals surface area contributed by atoms with Gasteiger partial charge in [0.2, 0.25) is 0 Å². The number of rotatable bonds is 3. The molecule has 19 heavy (non-hydrogen) atoms. The third-order valence-corrected chi connectivity index (χ3v) is 2.83. The summed E-state index contributed by atoms with van der Waals surface area (Å²) in [7, 11) is 0. The molecule has 1 aromatic heterocycles. The second kappa shape index (κ2) is 5.48. The Morgan fingerprint density at radius 1 is 1.21 bits per heavy atom. The van der Waals surface area contributed by atoms with E-state index >= 15 is 0 Å². The van der Waals surface area contributed by atoms with Crippen molar-refractivity contribution in [2.45, 2.75) is 19.9 Å². The quantitative estimate of drug-likeness (QED) is 0.813. The maximum absolute atomic E-state index is 13.1. The summed E-state index contributed by atoms with van der Waals surface area (Å²) in [6.07, 6.45) is 0.494. The summed E-state index contributed by atoms with van der Waals surface area (Å²) >= 11 is 5.71. The molecule has 6 heteroatoms. The van der Waals surface area contributed by atoms with Crippen molar-refractivity contribution in [3.63, 3.8) is 0 Å². The van der Waals surface area contributed by atoms with Gasteiger partial charge in [0.1, 0.15) is 22.6 Å². The lowest BCUT2D eigenvalue weighted by atomic mass is 10.2. The van der Waals surface area contributed by atoms with Crippen molar-refractivity contribution in [1.29, 1.82) is 0 Å². The van der Waals surface area contributed by atoms with Gasteiger partial charge >= 0.3 is 0 Å². The minimum atomic E-state index is -0.678. The minimum Gasteiger partial charge on any atom is -0.292 e. The predicted octanol–water partition coefficient (Wildman–Crippen LogP) is 2.79. The molecule has 0 atom stereocenters. The zero-order chi connectivity index (χ0) is 14.0. The van der Waals surface area contributed by atoms with Crippen LogP contribution in [0.4, 0.5) is 8.78 Å². The van der Waals surface area contributed by atoms with Crippen LogP contribution in [0.3, 0.4) is 0 Å². The Balaban J connectivity index is 2.46. The normalized spacial score (nSPS) is 10.7. The third-order valence-electron chi connectivity index (χ3n) is 2.64. The summed E-state index contributed by atoms with van der Waals surface area (Å²) in [4.78, 5) is 15.9. The van der Waals surface area contributed by atoms with Crippen molar-refractivity contribution in [2.24, 2.45) is 0 Å². The van der Waals surface area contributed by atoms with Crippen LogP contribution < -0.4 is 5.56 Å². The van der Waals surface area contributed by atoms with Gasteiger partial charge in [-0.2, -0.15) is 0 Å². The molecule has 0 aliphatic heterocycles. The van der Waals surface area contributed by atoms with E-state index in [1.807, 2.05) is 6.92 Å². The van der Waals surface area contributed by atoms with E-state index < -0.39 is 11.6 Å². The Labute approximate surface area is 113 Å². The highest BCUT2D eigenvalue weighted by atomic mass is 35.5. The average molecular weight is 285 g/mol. The molecule has 1 heterocycles. The number of nitrogens with zero attached hydrogens (tertiary/aromatic N) is 2. The smallest absolute Gasteiger partial charge is 0.255 e. The lowest BCUT2D eigenvalue weighted by Gasteiger charge is -2.11. The molecule has 0 aliphatic rings. The number of halogens is 3. The van der Waals surface area contributed by atoms with E-state index in [1.54, 1.807) is 0 Å². The monoisotopic (exact) mass is 284 g/mol. The summed E-state index contributed by atoms with van der Waals surface area (Å²) < 4.78 is 27.6. The van der Waals surface area contributed by atoms with E-state index in [4.69, 9.17) is 11.6 Å². The summed E-state index contributed by atoms with van der Waals surface area (Å²) in [6.45, 7) is 1.88. The van der Waals surface area contributed by atoms with Gasteiger partial charge < -0.3 is 0 Å². The third kappa shape index (κ3) is 3.17. The van der Waals surface area contributed by atoms with Gasteiger partial charge in [-0.15, -0.1) is 0 Å². The molecule has 0 bridgehead atoms. The molecule has 2 aromatic rings. The number of aryl methyl sites for hydroxylation is 1. The fourth-order valence-corrected chi connectivity index (χ4v) is 2.04. The van der Waals surface area contributed by atoms with Crippen molar-refractivity contribution in [2.75, 3.05) is 0 Å². The molecular formula is C13H11ClF2N2O.